The fourth-order valence-corrected chi connectivity index (χ4v) is 2.75. The summed E-state index contributed by atoms with van der Waals surface area (Å²) in [4.78, 5) is 0. The lowest BCUT2D eigenvalue weighted by Crippen LogP contribution is -2.26. The van der Waals surface area contributed by atoms with Gasteiger partial charge in [0, 0.05) is 11.8 Å². The Kier molecular flexibility index (Phi) is 5.47. The van der Waals surface area contributed by atoms with Crippen molar-refractivity contribution in [3.63, 3.8) is 0 Å². The Hall–Kier alpha value is -1.23. The summed E-state index contributed by atoms with van der Waals surface area (Å²) in [6.07, 6.45) is 0. The van der Waals surface area contributed by atoms with Crippen molar-refractivity contribution in [3.8, 4) is 5.75 Å². The van der Waals surface area contributed by atoms with Gasteiger partial charge in [-0.15, -0.1) is 0 Å². The molecule has 0 saturated heterocycles. The minimum Gasteiger partial charge on any atom is -0.492 e. The van der Waals surface area contributed by atoms with Crippen molar-refractivity contribution >= 4 is 15.5 Å². The van der Waals surface area contributed by atoms with Crippen molar-refractivity contribution in [1.82, 2.24) is 0 Å². The van der Waals surface area contributed by atoms with E-state index in [9.17, 15) is 8.42 Å². The Morgan fingerprint density at radius 2 is 1.94 bits per heavy atom. The molecular formula is C13H21NO3S. The van der Waals surface area contributed by atoms with E-state index in [2.05, 4.69) is 5.32 Å². The second-order valence-electron chi connectivity index (χ2n) is 4.17. The third-order valence-corrected chi connectivity index (χ3v) is 4.42. The predicted molar refractivity (Wildman–Crippen MR) is 75.0 cm³/mol. The van der Waals surface area contributed by atoms with Crippen LogP contribution >= 0.6 is 0 Å². The fraction of sp³-hybridized carbons (Fsp3) is 0.538. The van der Waals surface area contributed by atoms with Crippen molar-refractivity contribution in [2.45, 2.75) is 26.8 Å². The van der Waals surface area contributed by atoms with Crippen molar-refractivity contribution < 1.29 is 13.2 Å². The van der Waals surface area contributed by atoms with Crippen LogP contribution in [0.3, 0.4) is 0 Å². The molecule has 4 nitrogen and oxygen atoms in total. The quantitative estimate of drug-likeness (QED) is 0.827. The average molecular weight is 271 g/mol. The molecule has 0 saturated carbocycles. The maximum Gasteiger partial charge on any atom is 0.152 e. The molecule has 0 aromatic heterocycles. The predicted octanol–water partition coefficient (Wildman–Crippen LogP) is 2.32. The summed E-state index contributed by atoms with van der Waals surface area (Å²) in [6.45, 7) is 6.02. The molecule has 0 fully saturated rings. The highest BCUT2D eigenvalue weighted by atomic mass is 32.2. The molecule has 102 valence electrons. The molecule has 5 heteroatoms. The lowest BCUT2D eigenvalue weighted by molar-refractivity contribution is 0.341. The average Bonchev–Trinajstić information content (AvgIpc) is 2.31. The van der Waals surface area contributed by atoms with E-state index in [4.69, 9.17) is 4.74 Å². The number of hydrogen-bond acceptors (Lipinski definition) is 4. The summed E-state index contributed by atoms with van der Waals surface area (Å²) in [5, 5.41) is 3.18. The topological polar surface area (TPSA) is 55.4 Å². The molecule has 1 unspecified atom stereocenters. The van der Waals surface area contributed by atoms with Gasteiger partial charge in [0.05, 0.1) is 18.0 Å². The zero-order valence-corrected chi connectivity index (χ0v) is 12.0. The molecule has 0 heterocycles. The van der Waals surface area contributed by atoms with Crippen LogP contribution in [-0.4, -0.2) is 32.6 Å². The number of benzene rings is 1. The zero-order valence-electron chi connectivity index (χ0n) is 11.1. The monoisotopic (exact) mass is 271 g/mol. The highest BCUT2D eigenvalue weighted by Crippen LogP contribution is 2.24. The first-order chi connectivity index (χ1) is 8.48. The molecule has 1 aromatic carbocycles. The molecule has 0 aliphatic heterocycles. The molecule has 1 atom stereocenters. The molecule has 0 amide bonds. The van der Waals surface area contributed by atoms with Crippen LogP contribution in [0.25, 0.3) is 0 Å². The third-order valence-electron chi connectivity index (χ3n) is 2.53. The van der Waals surface area contributed by atoms with Gasteiger partial charge < -0.3 is 10.1 Å². The van der Waals surface area contributed by atoms with E-state index in [0.29, 0.717) is 6.61 Å². The number of rotatable bonds is 7. The Morgan fingerprint density at radius 1 is 1.28 bits per heavy atom. The molecule has 1 rings (SSSR count). The minimum absolute atomic E-state index is 0.129. The van der Waals surface area contributed by atoms with Crippen LogP contribution in [0.1, 0.15) is 20.8 Å². The minimum atomic E-state index is -2.97. The molecule has 1 aromatic rings. The van der Waals surface area contributed by atoms with Crippen LogP contribution in [0, 0.1) is 0 Å². The molecule has 0 aliphatic rings. The normalized spacial score (nSPS) is 13.1. The number of anilines is 1. The Labute approximate surface area is 109 Å². The molecule has 0 radical (unpaired) electrons. The summed E-state index contributed by atoms with van der Waals surface area (Å²) in [5.41, 5.74) is 0.832. The van der Waals surface area contributed by atoms with Gasteiger partial charge >= 0.3 is 0 Å². The number of nitrogens with one attached hydrogen (secondary N) is 1. The summed E-state index contributed by atoms with van der Waals surface area (Å²) < 4.78 is 28.6. The molecule has 0 aliphatic carbocycles. The Balaban J connectivity index is 2.72. The summed E-state index contributed by atoms with van der Waals surface area (Å²) in [5.74, 6) is 1.05. The van der Waals surface area contributed by atoms with Gasteiger partial charge in [0.25, 0.3) is 0 Å². The lowest BCUT2D eigenvalue weighted by atomic mass is 10.2. The van der Waals surface area contributed by atoms with Crippen molar-refractivity contribution in [2.75, 3.05) is 23.4 Å². The maximum atomic E-state index is 11.5. The van der Waals surface area contributed by atoms with Gasteiger partial charge in [-0.25, -0.2) is 8.42 Å². The molecule has 0 bridgehead atoms. The van der Waals surface area contributed by atoms with Gasteiger partial charge in [0.1, 0.15) is 5.75 Å². The standard InChI is InChI=1S/C13H21NO3S/c1-4-17-13-9-7-6-8-12(13)14-11(3)10-18(15,16)5-2/h6-9,11,14H,4-5,10H2,1-3H3. The van der Waals surface area contributed by atoms with Crippen molar-refractivity contribution in [2.24, 2.45) is 0 Å². The van der Waals surface area contributed by atoms with Crippen LogP contribution < -0.4 is 10.1 Å². The van der Waals surface area contributed by atoms with E-state index in [0.717, 1.165) is 11.4 Å². The first-order valence-electron chi connectivity index (χ1n) is 6.17. The molecule has 0 spiro atoms. The van der Waals surface area contributed by atoms with Crippen LogP contribution in [0.5, 0.6) is 5.75 Å². The van der Waals surface area contributed by atoms with Crippen molar-refractivity contribution in [1.29, 1.82) is 0 Å². The first-order valence-corrected chi connectivity index (χ1v) is 7.99. The third kappa shape index (κ3) is 4.56. The van der Waals surface area contributed by atoms with Gasteiger partial charge in [-0.3, -0.25) is 0 Å². The number of sulfone groups is 1. The second-order valence-corrected chi connectivity index (χ2v) is 6.57. The summed E-state index contributed by atoms with van der Waals surface area (Å²) >= 11 is 0. The molecular weight excluding hydrogens is 250 g/mol. The highest BCUT2D eigenvalue weighted by molar-refractivity contribution is 7.91. The van der Waals surface area contributed by atoms with E-state index >= 15 is 0 Å². The SMILES string of the molecule is CCOc1ccccc1NC(C)CS(=O)(=O)CC. The van der Waals surface area contributed by atoms with Crippen LogP contribution in [0.15, 0.2) is 24.3 Å². The Bertz CT molecular complexity index is 471. The largest absolute Gasteiger partial charge is 0.492 e. The summed E-state index contributed by atoms with van der Waals surface area (Å²) in [6, 6.07) is 7.40. The van der Waals surface area contributed by atoms with E-state index in [1.807, 2.05) is 38.1 Å². The summed E-state index contributed by atoms with van der Waals surface area (Å²) in [7, 11) is -2.97. The zero-order chi connectivity index (χ0) is 13.6. The maximum absolute atomic E-state index is 11.5. The van der Waals surface area contributed by atoms with Gasteiger partial charge in [-0.1, -0.05) is 19.1 Å². The van der Waals surface area contributed by atoms with Crippen LogP contribution in [-0.2, 0) is 9.84 Å². The lowest BCUT2D eigenvalue weighted by Gasteiger charge is -2.17. The molecule has 18 heavy (non-hydrogen) atoms. The number of para-hydroxylation sites is 2. The van der Waals surface area contributed by atoms with Crippen molar-refractivity contribution in [3.05, 3.63) is 24.3 Å². The first kappa shape index (κ1) is 14.8. The van der Waals surface area contributed by atoms with Crippen LogP contribution in [0.4, 0.5) is 5.69 Å². The van der Waals surface area contributed by atoms with Gasteiger partial charge in [-0.05, 0) is 26.0 Å². The number of hydrogen-bond donors (Lipinski definition) is 1. The van der Waals surface area contributed by atoms with Gasteiger partial charge in [0.2, 0.25) is 0 Å². The van der Waals surface area contributed by atoms with Gasteiger partial charge in [0.15, 0.2) is 9.84 Å². The highest BCUT2D eigenvalue weighted by Gasteiger charge is 2.14. The molecule has 1 N–H and O–H groups in total. The second kappa shape index (κ2) is 6.64. The van der Waals surface area contributed by atoms with E-state index in [-0.39, 0.29) is 17.5 Å². The van der Waals surface area contributed by atoms with Crippen LogP contribution in [0.2, 0.25) is 0 Å². The van der Waals surface area contributed by atoms with E-state index < -0.39 is 9.84 Å². The van der Waals surface area contributed by atoms with Gasteiger partial charge in [-0.2, -0.15) is 0 Å². The smallest absolute Gasteiger partial charge is 0.152 e. The van der Waals surface area contributed by atoms with E-state index in [1.165, 1.54) is 0 Å². The Morgan fingerprint density at radius 3 is 2.56 bits per heavy atom. The van der Waals surface area contributed by atoms with E-state index in [1.54, 1.807) is 6.92 Å². The number of ether oxygens (including phenoxy) is 1. The fourth-order valence-electron chi connectivity index (χ4n) is 1.67.